The van der Waals surface area contributed by atoms with Crippen LogP contribution in [-0.4, -0.2) is 36.9 Å². The summed E-state index contributed by atoms with van der Waals surface area (Å²) >= 11 is 0. The first-order valence-corrected chi connectivity index (χ1v) is 5.30. The topological polar surface area (TPSA) is 58.6 Å². The molecule has 0 heterocycles. The van der Waals surface area contributed by atoms with Gasteiger partial charge in [-0.1, -0.05) is 6.08 Å². The van der Waals surface area contributed by atoms with Crippen LogP contribution in [0, 0.1) is 0 Å². The number of ether oxygens (including phenoxy) is 1. The van der Waals surface area contributed by atoms with Crippen LogP contribution < -0.4 is 5.32 Å². The van der Waals surface area contributed by atoms with Gasteiger partial charge in [-0.3, -0.25) is 4.79 Å². The van der Waals surface area contributed by atoms with Crippen molar-refractivity contribution in [3.05, 3.63) is 12.7 Å². The van der Waals surface area contributed by atoms with Crippen LogP contribution in [0.25, 0.3) is 0 Å². The quantitative estimate of drug-likeness (QED) is 0.443. The van der Waals surface area contributed by atoms with Gasteiger partial charge in [-0.15, -0.1) is 6.58 Å². The third-order valence-electron chi connectivity index (χ3n) is 1.82. The molecule has 0 aliphatic heterocycles. The highest BCUT2D eigenvalue weighted by molar-refractivity contribution is 5.75. The van der Waals surface area contributed by atoms with Gasteiger partial charge in [-0.25, -0.2) is 0 Å². The van der Waals surface area contributed by atoms with Crippen LogP contribution >= 0.6 is 0 Å². The molecule has 2 N–H and O–H groups in total. The third kappa shape index (κ3) is 11.1. The molecule has 4 nitrogen and oxygen atoms in total. The minimum Gasteiger partial charge on any atom is -0.393 e. The van der Waals surface area contributed by atoms with Gasteiger partial charge in [0.2, 0.25) is 5.91 Å². The summed E-state index contributed by atoms with van der Waals surface area (Å²) in [5.41, 5.74) is 0. The van der Waals surface area contributed by atoms with Gasteiger partial charge in [0, 0.05) is 13.0 Å². The fourth-order valence-corrected chi connectivity index (χ4v) is 0.960. The Morgan fingerprint density at radius 1 is 1.60 bits per heavy atom. The molecule has 1 unspecified atom stereocenters. The standard InChI is InChI=1S/C11H21NO3/c1-3-4-8-15-9-7-12-11(14)6-5-10(2)13/h3,10,13H,1,4-9H2,2H3,(H,12,14). The number of hydrogen-bond donors (Lipinski definition) is 2. The summed E-state index contributed by atoms with van der Waals surface area (Å²) in [6, 6.07) is 0. The van der Waals surface area contributed by atoms with Crippen LogP contribution in [0.2, 0.25) is 0 Å². The van der Waals surface area contributed by atoms with Crippen molar-refractivity contribution < 1.29 is 14.6 Å². The number of hydrogen-bond acceptors (Lipinski definition) is 3. The van der Waals surface area contributed by atoms with Crippen molar-refractivity contribution >= 4 is 5.91 Å². The Morgan fingerprint density at radius 3 is 2.93 bits per heavy atom. The number of aliphatic hydroxyl groups excluding tert-OH is 1. The molecule has 1 atom stereocenters. The first kappa shape index (κ1) is 14.1. The number of rotatable bonds is 9. The molecule has 0 bridgehead atoms. The largest absolute Gasteiger partial charge is 0.393 e. The highest BCUT2D eigenvalue weighted by atomic mass is 16.5. The van der Waals surface area contributed by atoms with E-state index in [-0.39, 0.29) is 5.91 Å². The number of aliphatic hydroxyl groups is 1. The van der Waals surface area contributed by atoms with Crippen molar-refractivity contribution in [2.45, 2.75) is 32.3 Å². The van der Waals surface area contributed by atoms with E-state index in [0.29, 0.717) is 32.6 Å². The first-order chi connectivity index (χ1) is 7.16. The molecule has 88 valence electrons. The van der Waals surface area contributed by atoms with Crippen molar-refractivity contribution in [3.63, 3.8) is 0 Å². The summed E-state index contributed by atoms with van der Waals surface area (Å²) in [5.74, 6) is -0.0387. The van der Waals surface area contributed by atoms with E-state index in [4.69, 9.17) is 9.84 Å². The zero-order valence-corrected chi connectivity index (χ0v) is 9.37. The van der Waals surface area contributed by atoms with Crippen LogP contribution in [0.15, 0.2) is 12.7 Å². The lowest BCUT2D eigenvalue weighted by Crippen LogP contribution is -2.27. The SMILES string of the molecule is C=CCCOCCNC(=O)CCC(C)O. The maximum absolute atomic E-state index is 11.1. The lowest BCUT2D eigenvalue weighted by Gasteiger charge is -2.06. The molecule has 0 radical (unpaired) electrons. The summed E-state index contributed by atoms with van der Waals surface area (Å²) < 4.78 is 5.21. The summed E-state index contributed by atoms with van der Waals surface area (Å²) in [5, 5.41) is 11.7. The number of carbonyl (C=O) groups excluding carboxylic acids is 1. The van der Waals surface area contributed by atoms with E-state index in [1.165, 1.54) is 0 Å². The molecule has 0 aromatic heterocycles. The Balaban J connectivity index is 3.20. The lowest BCUT2D eigenvalue weighted by atomic mass is 10.2. The van der Waals surface area contributed by atoms with Gasteiger partial charge in [0.15, 0.2) is 0 Å². The van der Waals surface area contributed by atoms with Crippen LogP contribution in [0.3, 0.4) is 0 Å². The smallest absolute Gasteiger partial charge is 0.220 e. The predicted octanol–water partition coefficient (Wildman–Crippen LogP) is 0.856. The molecule has 0 saturated carbocycles. The minimum absolute atomic E-state index is 0.0387. The van der Waals surface area contributed by atoms with Crippen molar-refractivity contribution in [1.82, 2.24) is 5.32 Å². The minimum atomic E-state index is -0.417. The third-order valence-corrected chi connectivity index (χ3v) is 1.82. The highest BCUT2D eigenvalue weighted by Gasteiger charge is 2.02. The predicted molar refractivity (Wildman–Crippen MR) is 59.6 cm³/mol. The fraction of sp³-hybridized carbons (Fsp3) is 0.727. The van der Waals surface area contributed by atoms with E-state index in [2.05, 4.69) is 11.9 Å². The van der Waals surface area contributed by atoms with Gasteiger partial charge in [-0.2, -0.15) is 0 Å². The Labute approximate surface area is 91.3 Å². The molecule has 0 aromatic rings. The summed E-state index contributed by atoms with van der Waals surface area (Å²) in [7, 11) is 0. The Bertz CT molecular complexity index is 181. The molecule has 0 aliphatic carbocycles. The summed E-state index contributed by atoms with van der Waals surface area (Å²) in [6.45, 7) is 6.94. The second kappa shape index (κ2) is 9.68. The van der Waals surface area contributed by atoms with Crippen molar-refractivity contribution in [2.75, 3.05) is 19.8 Å². The van der Waals surface area contributed by atoms with Crippen LogP contribution in [0.5, 0.6) is 0 Å². The van der Waals surface area contributed by atoms with Crippen LogP contribution in [0.1, 0.15) is 26.2 Å². The Kier molecular flexibility index (Phi) is 9.11. The molecule has 0 fully saturated rings. The van der Waals surface area contributed by atoms with Crippen LogP contribution in [-0.2, 0) is 9.53 Å². The lowest BCUT2D eigenvalue weighted by molar-refractivity contribution is -0.121. The second-order valence-corrected chi connectivity index (χ2v) is 3.43. The highest BCUT2D eigenvalue weighted by Crippen LogP contribution is 1.94. The molecule has 4 heteroatoms. The van der Waals surface area contributed by atoms with E-state index in [9.17, 15) is 4.79 Å². The Hall–Kier alpha value is -0.870. The molecule has 15 heavy (non-hydrogen) atoms. The molecule has 0 rings (SSSR count). The van der Waals surface area contributed by atoms with Gasteiger partial charge in [-0.05, 0) is 19.8 Å². The zero-order valence-electron chi connectivity index (χ0n) is 9.37. The molecular weight excluding hydrogens is 194 g/mol. The van der Waals surface area contributed by atoms with E-state index in [1.54, 1.807) is 13.0 Å². The monoisotopic (exact) mass is 215 g/mol. The fourth-order valence-electron chi connectivity index (χ4n) is 0.960. The number of nitrogens with one attached hydrogen (secondary N) is 1. The van der Waals surface area contributed by atoms with E-state index in [0.717, 1.165) is 6.42 Å². The van der Waals surface area contributed by atoms with E-state index < -0.39 is 6.10 Å². The molecule has 1 amide bonds. The van der Waals surface area contributed by atoms with Crippen LogP contribution in [0.4, 0.5) is 0 Å². The molecular formula is C11H21NO3. The maximum Gasteiger partial charge on any atom is 0.220 e. The van der Waals surface area contributed by atoms with Crippen molar-refractivity contribution in [3.8, 4) is 0 Å². The second-order valence-electron chi connectivity index (χ2n) is 3.43. The molecule has 0 spiro atoms. The van der Waals surface area contributed by atoms with Gasteiger partial charge < -0.3 is 15.2 Å². The number of carbonyl (C=O) groups is 1. The van der Waals surface area contributed by atoms with Gasteiger partial charge in [0.05, 0.1) is 19.3 Å². The van der Waals surface area contributed by atoms with Gasteiger partial charge in [0.1, 0.15) is 0 Å². The summed E-state index contributed by atoms with van der Waals surface area (Å²) in [4.78, 5) is 11.1. The normalized spacial score (nSPS) is 12.1. The molecule has 0 aromatic carbocycles. The summed E-state index contributed by atoms with van der Waals surface area (Å²) in [6.07, 6.45) is 3.07. The Morgan fingerprint density at radius 2 is 2.33 bits per heavy atom. The molecule has 0 aliphatic rings. The van der Waals surface area contributed by atoms with Gasteiger partial charge >= 0.3 is 0 Å². The van der Waals surface area contributed by atoms with E-state index >= 15 is 0 Å². The van der Waals surface area contributed by atoms with E-state index in [1.807, 2.05) is 0 Å². The maximum atomic E-state index is 11.1. The molecule has 0 saturated heterocycles. The van der Waals surface area contributed by atoms with Gasteiger partial charge in [0.25, 0.3) is 0 Å². The zero-order chi connectivity index (χ0) is 11.5. The van der Waals surface area contributed by atoms with Crippen molar-refractivity contribution in [1.29, 1.82) is 0 Å². The number of amides is 1. The average molecular weight is 215 g/mol. The average Bonchev–Trinajstić information content (AvgIpc) is 2.20. The first-order valence-electron chi connectivity index (χ1n) is 5.30. The van der Waals surface area contributed by atoms with Crippen molar-refractivity contribution in [2.24, 2.45) is 0 Å².